The molecule has 0 unspecified atom stereocenters. The molecule has 2 amide bonds. The first-order valence-electron chi connectivity index (χ1n) is 9.76. The van der Waals surface area contributed by atoms with E-state index in [2.05, 4.69) is 24.5 Å². The van der Waals surface area contributed by atoms with Gasteiger partial charge in [-0.2, -0.15) is 0 Å². The standard InChI is InChI=1S/C22H25ClFN3O2/c1-14-5-3-6-15(2)27(14)22(29)19-11-16(23)9-10-20(19)25-13-21(28)26-18-8-4-7-17(24)12-18/h4,7-12,14-15,25H,3,5-6,13H2,1-2H3,(H,26,28)/t14-,15-/m0/s1. The number of nitrogens with one attached hydrogen (secondary N) is 2. The summed E-state index contributed by atoms with van der Waals surface area (Å²) < 4.78 is 13.3. The van der Waals surface area contributed by atoms with E-state index in [0.717, 1.165) is 19.3 Å². The van der Waals surface area contributed by atoms with Gasteiger partial charge in [0.15, 0.2) is 0 Å². The number of rotatable bonds is 5. The Morgan fingerprint density at radius 3 is 2.55 bits per heavy atom. The summed E-state index contributed by atoms with van der Waals surface area (Å²) in [6.45, 7) is 4.04. The molecule has 1 fully saturated rings. The van der Waals surface area contributed by atoms with Gasteiger partial charge in [0.2, 0.25) is 5.91 Å². The van der Waals surface area contributed by atoms with Crippen LogP contribution in [-0.4, -0.2) is 35.3 Å². The molecule has 0 aliphatic carbocycles. The molecule has 2 aromatic rings. The van der Waals surface area contributed by atoms with E-state index in [0.29, 0.717) is 22.0 Å². The van der Waals surface area contributed by atoms with Crippen molar-refractivity contribution in [2.24, 2.45) is 0 Å². The minimum absolute atomic E-state index is 0.0659. The van der Waals surface area contributed by atoms with Crippen molar-refractivity contribution in [2.75, 3.05) is 17.2 Å². The molecule has 2 atom stereocenters. The molecule has 29 heavy (non-hydrogen) atoms. The van der Waals surface area contributed by atoms with Crippen molar-refractivity contribution in [3.8, 4) is 0 Å². The summed E-state index contributed by atoms with van der Waals surface area (Å²) >= 11 is 6.14. The van der Waals surface area contributed by atoms with Crippen molar-refractivity contribution in [2.45, 2.75) is 45.2 Å². The Labute approximate surface area is 175 Å². The van der Waals surface area contributed by atoms with E-state index in [9.17, 15) is 14.0 Å². The largest absolute Gasteiger partial charge is 0.375 e. The Morgan fingerprint density at radius 2 is 1.86 bits per heavy atom. The van der Waals surface area contributed by atoms with Crippen molar-refractivity contribution in [1.82, 2.24) is 4.90 Å². The lowest BCUT2D eigenvalue weighted by atomic mass is 9.96. The smallest absolute Gasteiger partial charge is 0.256 e. The third-order valence-corrected chi connectivity index (χ3v) is 5.42. The predicted molar refractivity (Wildman–Crippen MR) is 114 cm³/mol. The fourth-order valence-electron chi connectivity index (χ4n) is 3.76. The molecule has 1 saturated heterocycles. The number of hydrogen-bond donors (Lipinski definition) is 2. The summed E-state index contributed by atoms with van der Waals surface area (Å²) in [6.07, 6.45) is 3.04. The van der Waals surface area contributed by atoms with Gasteiger partial charge < -0.3 is 15.5 Å². The van der Waals surface area contributed by atoms with Gasteiger partial charge >= 0.3 is 0 Å². The van der Waals surface area contributed by atoms with Gasteiger partial charge in [0.05, 0.1) is 12.1 Å². The number of amides is 2. The van der Waals surface area contributed by atoms with Crippen LogP contribution in [0.4, 0.5) is 15.8 Å². The van der Waals surface area contributed by atoms with E-state index in [1.54, 1.807) is 24.3 Å². The number of carbonyl (C=O) groups excluding carboxylic acids is 2. The molecule has 5 nitrogen and oxygen atoms in total. The van der Waals surface area contributed by atoms with Gasteiger partial charge in [0.1, 0.15) is 5.82 Å². The molecule has 7 heteroatoms. The lowest BCUT2D eigenvalue weighted by molar-refractivity contribution is -0.114. The zero-order chi connectivity index (χ0) is 21.0. The lowest BCUT2D eigenvalue weighted by Gasteiger charge is -2.39. The van der Waals surface area contributed by atoms with Gasteiger partial charge in [0, 0.05) is 28.5 Å². The second-order valence-electron chi connectivity index (χ2n) is 7.44. The van der Waals surface area contributed by atoms with Crippen LogP contribution in [-0.2, 0) is 4.79 Å². The van der Waals surface area contributed by atoms with E-state index in [1.807, 2.05) is 4.90 Å². The third-order valence-electron chi connectivity index (χ3n) is 5.19. The monoisotopic (exact) mass is 417 g/mol. The van der Waals surface area contributed by atoms with Crippen molar-refractivity contribution < 1.29 is 14.0 Å². The molecule has 1 aliphatic heterocycles. The van der Waals surface area contributed by atoms with E-state index >= 15 is 0 Å². The van der Waals surface area contributed by atoms with E-state index < -0.39 is 5.82 Å². The normalized spacial score (nSPS) is 19.0. The van der Waals surface area contributed by atoms with E-state index in [-0.39, 0.29) is 30.4 Å². The van der Waals surface area contributed by atoms with Gasteiger partial charge in [-0.1, -0.05) is 17.7 Å². The first-order chi connectivity index (χ1) is 13.8. The van der Waals surface area contributed by atoms with E-state index in [4.69, 9.17) is 11.6 Å². The number of anilines is 2. The highest BCUT2D eigenvalue weighted by atomic mass is 35.5. The molecule has 154 valence electrons. The SMILES string of the molecule is C[C@H]1CCC[C@H](C)N1C(=O)c1cc(Cl)ccc1NCC(=O)Nc1cccc(F)c1. The van der Waals surface area contributed by atoms with Crippen molar-refractivity contribution in [3.05, 3.63) is 58.9 Å². The van der Waals surface area contributed by atoms with E-state index in [1.165, 1.54) is 18.2 Å². The summed E-state index contributed by atoms with van der Waals surface area (Å²) in [5.41, 5.74) is 1.36. The minimum atomic E-state index is -0.425. The number of carbonyl (C=O) groups is 2. The van der Waals surface area contributed by atoms with Crippen LogP contribution in [0.15, 0.2) is 42.5 Å². The van der Waals surface area contributed by atoms with Crippen molar-refractivity contribution in [1.29, 1.82) is 0 Å². The van der Waals surface area contributed by atoms with Crippen LogP contribution in [0.3, 0.4) is 0 Å². The van der Waals surface area contributed by atoms with Crippen LogP contribution in [0.5, 0.6) is 0 Å². The fourth-order valence-corrected chi connectivity index (χ4v) is 3.93. The number of likely N-dealkylation sites (tertiary alicyclic amines) is 1. The Hall–Kier alpha value is -2.60. The number of benzene rings is 2. The molecular formula is C22H25ClFN3O2. The molecule has 2 N–H and O–H groups in total. The Kier molecular flexibility index (Phi) is 6.75. The van der Waals surface area contributed by atoms with Crippen LogP contribution < -0.4 is 10.6 Å². The fraction of sp³-hybridized carbons (Fsp3) is 0.364. The van der Waals surface area contributed by atoms with Crippen LogP contribution >= 0.6 is 11.6 Å². The zero-order valence-corrected chi connectivity index (χ0v) is 17.3. The highest BCUT2D eigenvalue weighted by Gasteiger charge is 2.31. The molecule has 0 saturated carbocycles. The Balaban J connectivity index is 1.73. The number of halogens is 2. The Morgan fingerprint density at radius 1 is 1.14 bits per heavy atom. The highest BCUT2D eigenvalue weighted by molar-refractivity contribution is 6.31. The molecule has 0 spiro atoms. The molecule has 0 aromatic heterocycles. The minimum Gasteiger partial charge on any atom is -0.375 e. The maximum absolute atomic E-state index is 13.3. The zero-order valence-electron chi connectivity index (χ0n) is 16.5. The maximum Gasteiger partial charge on any atom is 0.256 e. The average molecular weight is 418 g/mol. The first-order valence-corrected chi connectivity index (χ1v) is 10.1. The second-order valence-corrected chi connectivity index (χ2v) is 7.88. The average Bonchev–Trinajstić information content (AvgIpc) is 2.66. The van der Waals surface area contributed by atoms with Gasteiger partial charge in [-0.15, -0.1) is 0 Å². The molecule has 0 bridgehead atoms. The second kappa shape index (κ2) is 9.27. The van der Waals surface area contributed by atoms with Crippen LogP contribution in [0.1, 0.15) is 43.5 Å². The molecule has 2 aromatic carbocycles. The molecule has 3 rings (SSSR count). The number of nitrogens with zero attached hydrogens (tertiary/aromatic N) is 1. The van der Waals surface area contributed by atoms with Crippen LogP contribution in [0.2, 0.25) is 5.02 Å². The van der Waals surface area contributed by atoms with Gasteiger partial charge in [-0.05, 0) is 69.5 Å². The maximum atomic E-state index is 13.3. The van der Waals surface area contributed by atoms with Crippen molar-refractivity contribution >= 4 is 34.8 Å². The van der Waals surface area contributed by atoms with Crippen molar-refractivity contribution in [3.63, 3.8) is 0 Å². The predicted octanol–water partition coefficient (Wildman–Crippen LogP) is 4.93. The molecule has 1 heterocycles. The van der Waals surface area contributed by atoms with Gasteiger partial charge in [0.25, 0.3) is 5.91 Å². The summed E-state index contributed by atoms with van der Waals surface area (Å²) in [7, 11) is 0. The summed E-state index contributed by atoms with van der Waals surface area (Å²) in [6, 6.07) is 11.0. The summed E-state index contributed by atoms with van der Waals surface area (Å²) in [4.78, 5) is 27.4. The number of hydrogen-bond acceptors (Lipinski definition) is 3. The Bertz CT molecular complexity index is 895. The summed E-state index contributed by atoms with van der Waals surface area (Å²) in [5, 5.41) is 6.10. The molecule has 1 aliphatic rings. The van der Waals surface area contributed by atoms with Gasteiger partial charge in [-0.25, -0.2) is 4.39 Å². The summed E-state index contributed by atoms with van der Waals surface area (Å²) in [5.74, 6) is -0.866. The van der Waals surface area contributed by atoms with Crippen LogP contribution in [0.25, 0.3) is 0 Å². The number of piperidine rings is 1. The molecule has 0 radical (unpaired) electrons. The first kappa shape index (κ1) is 21.1. The topological polar surface area (TPSA) is 61.4 Å². The lowest BCUT2D eigenvalue weighted by Crippen LogP contribution is -2.47. The quantitative estimate of drug-likeness (QED) is 0.724. The highest BCUT2D eigenvalue weighted by Crippen LogP contribution is 2.28. The third kappa shape index (κ3) is 5.26. The molecular weight excluding hydrogens is 393 g/mol. The van der Waals surface area contributed by atoms with Crippen LogP contribution in [0, 0.1) is 5.82 Å². The van der Waals surface area contributed by atoms with Gasteiger partial charge in [-0.3, -0.25) is 9.59 Å².